The third-order valence-electron chi connectivity index (χ3n) is 2.29. The van der Waals surface area contributed by atoms with Gasteiger partial charge in [0.2, 0.25) is 0 Å². The second-order valence-corrected chi connectivity index (χ2v) is 3.57. The predicted octanol–water partition coefficient (Wildman–Crippen LogP) is 0.770. The number of nitrogens with one attached hydrogen (secondary N) is 1. The van der Waals surface area contributed by atoms with Crippen molar-refractivity contribution in [2.75, 3.05) is 0 Å². The van der Waals surface area contributed by atoms with E-state index >= 15 is 0 Å². The molecule has 92 valence electrons. The molecule has 17 heavy (non-hydrogen) atoms. The Morgan fingerprint density at radius 1 is 1.53 bits per heavy atom. The van der Waals surface area contributed by atoms with E-state index < -0.39 is 17.9 Å². The van der Waals surface area contributed by atoms with Crippen LogP contribution < -0.4 is 5.32 Å². The first-order chi connectivity index (χ1) is 8.04. The first-order valence-corrected chi connectivity index (χ1v) is 5.20. The molecule has 1 heterocycles. The molecular formula is C11H14N2O4. The van der Waals surface area contributed by atoms with Crippen LogP contribution in [0, 0.1) is 0 Å². The molecule has 6 heteroatoms. The molecule has 0 aliphatic rings. The minimum absolute atomic E-state index is 0.0869. The molecule has 1 atom stereocenters. The minimum atomic E-state index is -0.976. The summed E-state index contributed by atoms with van der Waals surface area (Å²) in [4.78, 5) is 25.9. The standard InChI is InChI=1S/C11H14N2O4/c1-2-7(5-10(15)16)13-11(17)8-3-4-12-6-9(8)14/h3-4,6-7,14H,2,5H2,1H3,(H,13,17)(H,15,16). The summed E-state index contributed by atoms with van der Waals surface area (Å²) in [6.45, 7) is 1.78. The third kappa shape index (κ3) is 3.75. The Bertz CT molecular complexity index is 420. The van der Waals surface area contributed by atoms with E-state index in [9.17, 15) is 14.7 Å². The summed E-state index contributed by atoms with van der Waals surface area (Å²) in [6.07, 6.45) is 2.90. The normalized spacial score (nSPS) is 11.8. The molecule has 0 radical (unpaired) electrons. The Morgan fingerprint density at radius 3 is 2.76 bits per heavy atom. The Morgan fingerprint density at radius 2 is 2.24 bits per heavy atom. The Kier molecular flexibility index (Phi) is 4.45. The molecule has 0 aromatic carbocycles. The van der Waals surface area contributed by atoms with Gasteiger partial charge in [-0.3, -0.25) is 14.6 Å². The highest BCUT2D eigenvalue weighted by atomic mass is 16.4. The minimum Gasteiger partial charge on any atom is -0.505 e. The molecule has 1 aromatic rings. The van der Waals surface area contributed by atoms with Gasteiger partial charge in [0, 0.05) is 12.2 Å². The molecule has 0 spiro atoms. The fraction of sp³-hybridized carbons (Fsp3) is 0.364. The van der Waals surface area contributed by atoms with E-state index in [0.29, 0.717) is 6.42 Å². The average Bonchev–Trinajstić information content (AvgIpc) is 2.27. The highest BCUT2D eigenvalue weighted by Crippen LogP contribution is 2.14. The number of aromatic nitrogens is 1. The zero-order valence-electron chi connectivity index (χ0n) is 9.38. The molecule has 0 bridgehead atoms. The van der Waals surface area contributed by atoms with E-state index in [4.69, 9.17) is 5.11 Å². The number of amides is 1. The van der Waals surface area contributed by atoms with Crippen molar-refractivity contribution in [2.24, 2.45) is 0 Å². The molecular weight excluding hydrogens is 224 g/mol. The van der Waals surface area contributed by atoms with E-state index in [1.807, 2.05) is 0 Å². The number of carboxylic acids is 1. The molecule has 0 aliphatic heterocycles. The number of carboxylic acid groups (broad SMARTS) is 1. The van der Waals surface area contributed by atoms with Crippen LogP contribution in [-0.2, 0) is 4.79 Å². The molecule has 1 aromatic heterocycles. The predicted molar refractivity (Wildman–Crippen MR) is 59.7 cm³/mol. The van der Waals surface area contributed by atoms with Crippen molar-refractivity contribution in [2.45, 2.75) is 25.8 Å². The van der Waals surface area contributed by atoms with E-state index in [1.54, 1.807) is 6.92 Å². The molecule has 1 unspecified atom stereocenters. The average molecular weight is 238 g/mol. The Hall–Kier alpha value is -2.11. The van der Waals surface area contributed by atoms with Crippen LogP contribution in [-0.4, -0.2) is 33.1 Å². The fourth-order valence-corrected chi connectivity index (χ4v) is 1.35. The summed E-state index contributed by atoms with van der Waals surface area (Å²) < 4.78 is 0. The highest BCUT2D eigenvalue weighted by Gasteiger charge is 2.17. The van der Waals surface area contributed by atoms with Gasteiger partial charge >= 0.3 is 5.97 Å². The molecule has 0 fully saturated rings. The number of hydrogen-bond donors (Lipinski definition) is 3. The van der Waals surface area contributed by atoms with Gasteiger partial charge in [-0.2, -0.15) is 0 Å². The number of carbonyl (C=O) groups is 2. The van der Waals surface area contributed by atoms with Gasteiger partial charge in [0.25, 0.3) is 5.91 Å². The van der Waals surface area contributed by atoms with Crippen LogP contribution in [0.5, 0.6) is 5.75 Å². The van der Waals surface area contributed by atoms with Crippen LogP contribution >= 0.6 is 0 Å². The maximum Gasteiger partial charge on any atom is 0.305 e. The molecule has 3 N–H and O–H groups in total. The van der Waals surface area contributed by atoms with Gasteiger partial charge in [-0.25, -0.2) is 0 Å². The number of aliphatic carboxylic acids is 1. The molecule has 6 nitrogen and oxygen atoms in total. The van der Waals surface area contributed by atoms with Gasteiger partial charge < -0.3 is 15.5 Å². The summed E-state index contributed by atoms with van der Waals surface area (Å²) in [7, 11) is 0. The smallest absolute Gasteiger partial charge is 0.305 e. The lowest BCUT2D eigenvalue weighted by atomic mass is 10.1. The van der Waals surface area contributed by atoms with E-state index in [-0.39, 0.29) is 17.7 Å². The van der Waals surface area contributed by atoms with Gasteiger partial charge in [0.15, 0.2) is 0 Å². The summed E-state index contributed by atoms with van der Waals surface area (Å²) in [5.74, 6) is -1.70. The SMILES string of the molecule is CCC(CC(=O)O)NC(=O)c1ccncc1O. The van der Waals surface area contributed by atoms with Crippen LogP contribution in [0.15, 0.2) is 18.5 Å². The lowest BCUT2D eigenvalue weighted by Gasteiger charge is -2.14. The number of aromatic hydroxyl groups is 1. The zero-order valence-corrected chi connectivity index (χ0v) is 9.38. The maximum atomic E-state index is 11.7. The zero-order chi connectivity index (χ0) is 12.8. The largest absolute Gasteiger partial charge is 0.505 e. The topological polar surface area (TPSA) is 99.5 Å². The highest BCUT2D eigenvalue weighted by molar-refractivity contribution is 5.96. The first-order valence-electron chi connectivity index (χ1n) is 5.20. The molecule has 0 aliphatic carbocycles. The summed E-state index contributed by atoms with van der Waals surface area (Å²) >= 11 is 0. The van der Waals surface area contributed by atoms with E-state index in [0.717, 1.165) is 6.20 Å². The second kappa shape index (κ2) is 5.83. The van der Waals surface area contributed by atoms with E-state index in [1.165, 1.54) is 12.3 Å². The number of nitrogens with zero attached hydrogens (tertiary/aromatic N) is 1. The Balaban J connectivity index is 2.71. The van der Waals surface area contributed by atoms with Crippen molar-refractivity contribution in [1.29, 1.82) is 0 Å². The van der Waals surface area contributed by atoms with Gasteiger partial charge in [-0.05, 0) is 12.5 Å². The Labute approximate surface area is 98.3 Å². The summed E-state index contributed by atoms with van der Waals surface area (Å²) in [6, 6.07) is 0.922. The van der Waals surface area contributed by atoms with Gasteiger partial charge in [0.1, 0.15) is 5.75 Å². The number of hydrogen-bond acceptors (Lipinski definition) is 4. The molecule has 0 saturated heterocycles. The fourth-order valence-electron chi connectivity index (χ4n) is 1.35. The second-order valence-electron chi connectivity index (χ2n) is 3.57. The van der Waals surface area contributed by atoms with Crippen molar-refractivity contribution in [3.63, 3.8) is 0 Å². The van der Waals surface area contributed by atoms with Crippen molar-refractivity contribution in [3.8, 4) is 5.75 Å². The van der Waals surface area contributed by atoms with Gasteiger partial charge in [0.05, 0.1) is 18.2 Å². The van der Waals surface area contributed by atoms with Crippen molar-refractivity contribution in [3.05, 3.63) is 24.0 Å². The number of rotatable bonds is 5. The van der Waals surface area contributed by atoms with Crippen LogP contribution in [0.1, 0.15) is 30.1 Å². The van der Waals surface area contributed by atoms with Crippen LogP contribution in [0.4, 0.5) is 0 Å². The van der Waals surface area contributed by atoms with Crippen LogP contribution in [0.2, 0.25) is 0 Å². The lowest BCUT2D eigenvalue weighted by molar-refractivity contribution is -0.137. The quantitative estimate of drug-likeness (QED) is 0.703. The maximum absolute atomic E-state index is 11.7. The van der Waals surface area contributed by atoms with Gasteiger partial charge in [-0.15, -0.1) is 0 Å². The number of carbonyl (C=O) groups excluding carboxylic acids is 1. The lowest BCUT2D eigenvalue weighted by Crippen LogP contribution is -2.36. The number of pyridine rings is 1. The van der Waals surface area contributed by atoms with Crippen molar-refractivity contribution in [1.82, 2.24) is 10.3 Å². The molecule has 1 amide bonds. The summed E-state index contributed by atoms with van der Waals surface area (Å²) in [5.41, 5.74) is 0.0869. The van der Waals surface area contributed by atoms with Crippen LogP contribution in [0.3, 0.4) is 0 Å². The monoisotopic (exact) mass is 238 g/mol. The molecule has 1 rings (SSSR count). The van der Waals surface area contributed by atoms with E-state index in [2.05, 4.69) is 10.3 Å². The first kappa shape index (κ1) is 13.0. The summed E-state index contributed by atoms with van der Waals surface area (Å²) in [5, 5.41) is 20.6. The van der Waals surface area contributed by atoms with Crippen molar-refractivity contribution < 1.29 is 19.8 Å². The molecule has 0 saturated carbocycles. The third-order valence-corrected chi connectivity index (χ3v) is 2.29. The van der Waals surface area contributed by atoms with Crippen LogP contribution in [0.25, 0.3) is 0 Å². The van der Waals surface area contributed by atoms with Gasteiger partial charge in [-0.1, -0.05) is 6.92 Å². The van der Waals surface area contributed by atoms with Crippen molar-refractivity contribution >= 4 is 11.9 Å².